The van der Waals surface area contributed by atoms with Gasteiger partial charge >= 0.3 is 0 Å². The molecule has 1 fully saturated rings. The normalized spacial score (nSPS) is 18.2. The van der Waals surface area contributed by atoms with Crippen LogP contribution in [0, 0.1) is 0 Å². The highest BCUT2D eigenvalue weighted by Crippen LogP contribution is 2.33. The largest absolute Gasteiger partial charge is 0.324 e. The van der Waals surface area contributed by atoms with E-state index in [1.54, 1.807) is 4.90 Å². The lowest BCUT2D eigenvalue weighted by Gasteiger charge is -2.29. The summed E-state index contributed by atoms with van der Waals surface area (Å²) in [5.74, 6) is -0.202. The molecule has 2 aromatic carbocycles. The molecule has 1 aromatic heterocycles. The first-order chi connectivity index (χ1) is 17.0. The zero-order chi connectivity index (χ0) is 24.5. The lowest BCUT2D eigenvalue weighted by molar-refractivity contribution is -0.133. The fourth-order valence-electron chi connectivity index (χ4n) is 5.41. The molecule has 0 saturated heterocycles. The van der Waals surface area contributed by atoms with Gasteiger partial charge in [0.1, 0.15) is 5.78 Å². The van der Waals surface area contributed by atoms with Gasteiger partial charge in [0.2, 0.25) is 0 Å². The predicted octanol–water partition coefficient (Wildman–Crippen LogP) is 5.17. The molecule has 1 aliphatic carbocycles. The van der Waals surface area contributed by atoms with Crippen LogP contribution in [0.3, 0.4) is 0 Å². The minimum atomic E-state index is -0.464. The Kier molecular flexibility index (Phi) is 6.85. The smallest absolute Gasteiger partial charge is 0.255 e. The number of Topliss-reactive ketones (excluding diaryl/α,β-unsaturated/α-hetero) is 2. The molecular weight excluding hydrogens is 456 g/mol. The van der Waals surface area contributed by atoms with E-state index in [9.17, 15) is 14.4 Å². The second-order valence-electron chi connectivity index (χ2n) is 9.66. The molecule has 5 nitrogen and oxygen atoms in total. The number of fused-ring (bicyclic) bond motifs is 2. The van der Waals surface area contributed by atoms with Gasteiger partial charge in [0, 0.05) is 34.7 Å². The van der Waals surface area contributed by atoms with Crippen molar-refractivity contribution in [1.82, 2.24) is 9.80 Å². The molecule has 2 aliphatic rings. The molecule has 0 radical (unpaired) electrons. The van der Waals surface area contributed by atoms with Crippen LogP contribution < -0.4 is 0 Å². The summed E-state index contributed by atoms with van der Waals surface area (Å²) in [6, 6.07) is 14.6. The molecule has 1 atom stereocenters. The highest BCUT2D eigenvalue weighted by Gasteiger charge is 2.39. The van der Waals surface area contributed by atoms with Crippen molar-refractivity contribution in [2.75, 3.05) is 13.1 Å². The molecule has 182 valence electrons. The van der Waals surface area contributed by atoms with E-state index in [4.69, 9.17) is 0 Å². The third-order valence-electron chi connectivity index (χ3n) is 7.49. The molecule has 0 N–H and O–H groups in total. The third kappa shape index (κ3) is 4.82. The average molecular weight is 489 g/mol. The summed E-state index contributed by atoms with van der Waals surface area (Å²) >= 11 is 1.86. The van der Waals surface area contributed by atoms with Crippen LogP contribution in [0.25, 0.3) is 10.1 Å². The third-order valence-corrected chi connectivity index (χ3v) is 8.64. The maximum Gasteiger partial charge on any atom is 0.255 e. The van der Waals surface area contributed by atoms with E-state index in [0.29, 0.717) is 24.9 Å². The first kappa shape index (κ1) is 23.9. The zero-order valence-electron chi connectivity index (χ0n) is 20.5. The van der Waals surface area contributed by atoms with Gasteiger partial charge in [0.15, 0.2) is 5.78 Å². The lowest BCUT2D eigenvalue weighted by atomic mass is 9.92. The van der Waals surface area contributed by atoms with Crippen LogP contribution in [0.4, 0.5) is 0 Å². The number of rotatable bonds is 8. The van der Waals surface area contributed by atoms with Gasteiger partial charge in [-0.2, -0.15) is 0 Å². The molecule has 1 amide bonds. The molecule has 0 spiro atoms. The minimum Gasteiger partial charge on any atom is -0.324 e. The Balaban J connectivity index is 1.30. The molecule has 35 heavy (non-hydrogen) atoms. The number of ketones is 2. The topological polar surface area (TPSA) is 57.7 Å². The van der Waals surface area contributed by atoms with Crippen molar-refractivity contribution < 1.29 is 14.4 Å². The molecule has 5 rings (SSSR count). The minimum absolute atomic E-state index is 0.0143. The van der Waals surface area contributed by atoms with Gasteiger partial charge < -0.3 is 4.90 Å². The molecule has 3 aromatic rings. The molecule has 1 unspecified atom stereocenters. The summed E-state index contributed by atoms with van der Waals surface area (Å²) in [7, 11) is 0. The summed E-state index contributed by atoms with van der Waals surface area (Å²) in [5, 5.41) is 1.29. The van der Waals surface area contributed by atoms with Crippen LogP contribution >= 0.6 is 11.3 Å². The quantitative estimate of drug-likeness (QED) is 0.410. The number of hydrogen-bond acceptors (Lipinski definition) is 5. The van der Waals surface area contributed by atoms with Crippen molar-refractivity contribution in [1.29, 1.82) is 0 Å². The molecule has 0 bridgehead atoms. The van der Waals surface area contributed by atoms with E-state index in [-0.39, 0.29) is 23.9 Å². The Morgan fingerprint density at radius 3 is 2.63 bits per heavy atom. The molecule has 6 heteroatoms. The average Bonchev–Trinajstić information content (AvgIpc) is 3.42. The Morgan fingerprint density at radius 2 is 1.86 bits per heavy atom. The van der Waals surface area contributed by atoms with Gasteiger partial charge in [-0.1, -0.05) is 38.1 Å². The SMILES string of the molecule is CCN(CC)Cc1ccc2cc(CCc3cccc4c3CN(C3CCC(=O)CC3=O)C4=O)sc2c1. The predicted molar refractivity (Wildman–Crippen MR) is 140 cm³/mol. The fourth-order valence-corrected chi connectivity index (χ4v) is 6.54. The fraction of sp³-hybridized carbons (Fsp3) is 0.414. The van der Waals surface area contributed by atoms with E-state index in [2.05, 4.69) is 49.1 Å². The van der Waals surface area contributed by atoms with Crippen molar-refractivity contribution in [3.63, 3.8) is 0 Å². The van der Waals surface area contributed by atoms with Crippen LogP contribution in [0.15, 0.2) is 42.5 Å². The van der Waals surface area contributed by atoms with Gasteiger partial charge in [-0.25, -0.2) is 0 Å². The highest BCUT2D eigenvalue weighted by atomic mass is 32.1. The van der Waals surface area contributed by atoms with Gasteiger partial charge in [-0.3, -0.25) is 19.3 Å². The Bertz CT molecular complexity index is 1290. The standard InChI is InChI=1S/C29H32N2O3S/c1-3-30(4-2)17-19-8-9-21-15-23(35-28(21)14-19)12-10-20-6-5-7-24-25(20)18-31(29(24)34)26-13-11-22(32)16-27(26)33/h5-9,14-15,26H,3-4,10-13,16-18H2,1-2H3. The van der Waals surface area contributed by atoms with Crippen LogP contribution in [-0.2, 0) is 35.5 Å². The number of nitrogens with zero attached hydrogens (tertiary/aromatic N) is 2. The van der Waals surface area contributed by atoms with Gasteiger partial charge in [0.25, 0.3) is 5.91 Å². The number of thiophene rings is 1. The molecule has 1 aliphatic heterocycles. The van der Waals surface area contributed by atoms with E-state index in [0.717, 1.165) is 38.0 Å². The summed E-state index contributed by atoms with van der Waals surface area (Å²) in [4.78, 5) is 42.7. The van der Waals surface area contributed by atoms with E-state index >= 15 is 0 Å². The maximum atomic E-state index is 13.1. The summed E-state index contributed by atoms with van der Waals surface area (Å²) < 4.78 is 1.33. The van der Waals surface area contributed by atoms with Crippen LogP contribution in [0.2, 0.25) is 0 Å². The molecule has 1 saturated carbocycles. The lowest BCUT2D eigenvalue weighted by Crippen LogP contribution is -2.44. The first-order valence-electron chi connectivity index (χ1n) is 12.7. The van der Waals surface area contributed by atoms with Crippen molar-refractivity contribution >= 4 is 38.9 Å². The number of aryl methyl sites for hydroxylation is 2. The van der Waals surface area contributed by atoms with Gasteiger partial charge in [-0.15, -0.1) is 11.3 Å². The maximum absolute atomic E-state index is 13.1. The van der Waals surface area contributed by atoms with Crippen molar-refractivity contribution in [3.05, 3.63) is 69.6 Å². The van der Waals surface area contributed by atoms with Crippen molar-refractivity contribution in [3.8, 4) is 0 Å². The highest BCUT2D eigenvalue weighted by molar-refractivity contribution is 7.19. The van der Waals surface area contributed by atoms with Gasteiger partial charge in [0.05, 0.1) is 12.5 Å². The molecular formula is C29H32N2O3S. The Labute approximate surface area is 210 Å². The number of carbonyl (C=O) groups is 3. The second-order valence-corrected chi connectivity index (χ2v) is 10.8. The number of carbonyl (C=O) groups excluding carboxylic acids is 3. The number of amides is 1. The zero-order valence-corrected chi connectivity index (χ0v) is 21.3. The van der Waals surface area contributed by atoms with Crippen LogP contribution in [-0.4, -0.2) is 46.4 Å². The van der Waals surface area contributed by atoms with E-state index in [1.165, 1.54) is 26.1 Å². The monoisotopic (exact) mass is 488 g/mol. The second kappa shape index (κ2) is 10.0. The molecule has 2 heterocycles. The van der Waals surface area contributed by atoms with E-state index < -0.39 is 6.04 Å². The van der Waals surface area contributed by atoms with E-state index in [1.807, 2.05) is 23.5 Å². The Hall–Kier alpha value is -2.83. The summed E-state index contributed by atoms with van der Waals surface area (Å²) in [6.07, 6.45) is 2.57. The van der Waals surface area contributed by atoms with Crippen LogP contribution in [0.5, 0.6) is 0 Å². The van der Waals surface area contributed by atoms with Gasteiger partial charge in [-0.05, 0) is 72.6 Å². The number of benzene rings is 2. The summed E-state index contributed by atoms with van der Waals surface area (Å²) in [6.45, 7) is 7.96. The van der Waals surface area contributed by atoms with Crippen molar-refractivity contribution in [2.24, 2.45) is 0 Å². The van der Waals surface area contributed by atoms with Crippen molar-refractivity contribution in [2.45, 2.75) is 65.1 Å². The first-order valence-corrected chi connectivity index (χ1v) is 13.5. The number of hydrogen-bond donors (Lipinski definition) is 0. The Morgan fingerprint density at radius 1 is 1.03 bits per heavy atom. The van der Waals surface area contributed by atoms with Crippen LogP contribution in [0.1, 0.15) is 65.0 Å². The summed E-state index contributed by atoms with van der Waals surface area (Å²) in [5.41, 5.74) is 4.29.